The number of hydrogen-bond donors (Lipinski definition) is 0. The number of piperazine rings is 1. The van der Waals surface area contributed by atoms with Crippen LogP contribution < -0.4 is 4.74 Å². The molecule has 0 unspecified atom stereocenters. The lowest BCUT2D eigenvalue weighted by atomic mass is 10.1. The summed E-state index contributed by atoms with van der Waals surface area (Å²) in [7, 11) is 2.15. The maximum Gasteiger partial charge on any atom is 0.311 e. The summed E-state index contributed by atoms with van der Waals surface area (Å²) in [4.78, 5) is 16.8. The van der Waals surface area contributed by atoms with Crippen molar-refractivity contribution in [2.24, 2.45) is 0 Å². The molecule has 0 amide bonds. The molecule has 2 aromatic carbocycles. The van der Waals surface area contributed by atoms with Gasteiger partial charge in [0, 0.05) is 32.6 Å². The molecule has 1 aliphatic rings. The molecule has 1 aliphatic heterocycles. The van der Waals surface area contributed by atoms with Crippen molar-refractivity contribution in [2.45, 2.75) is 12.8 Å². The fraction of sp³-hybridized carbons (Fsp3) is 0.381. The van der Waals surface area contributed by atoms with Crippen molar-refractivity contribution >= 4 is 5.97 Å². The zero-order chi connectivity index (χ0) is 17.5. The Morgan fingerprint density at radius 1 is 0.920 bits per heavy atom. The second-order valence-corrected chi connectivity index (χ2v) is 6.61. The molecule has 0 aliphatic carbocycles. The van der Waals surface area contributed by atoms with Crippen LogP contribution in [0.5, 0.6) is 5.75 Å². The predicted octanol–water partition coefficient (Wildman–Crippen LogP) is 3.29. The Labute approximate surface area is 150 Å². The smallest absolute Gasteiger partial charge is 0.311 e. The molecule has 0 bridgehead atoms. The first-order valence-electron chi connectivity index (χ1n) is 8.98. The molecule has 4 heteroatoms. The first kappa shape index (κ1) is 17.6. The van der Waals surface area contributed by atoms with Crippen molar-refractivity contribution in [3.63, 3.8) is 0 Å². The van der Waals surface area contributed by atoms with Crippen molar-refractivity contribution in [1.29, 1.82) is 0 Å². The summed E-state index contributed by atoms with van der Waals surface area (Å²) in [6.45, 7) is 5.37. The van der Waals surface area contributed by atoms with Crippen molar-refractivity contribution < 1.29 is 9.53 Å². The number of hydrogen-bond acceptors (Lipinski definition) is 4. The molecule has 1 heterocycles. The van der Waals surface area contributed by atoms with E-state index in [2.05, 4.69) is 29.0 Å². The lowest BCUT2D eigenvalue weighted by Crippen LogP contribution is -2.44. The molecule has 0 atom stereocenters. The van der Waals surface area contributed by atoms with E-state index >= 15 is 0 Å². The number of rotatable bonds is 6. The number of nitrogens with zero attached hydrogens (tertiary/aromatic N) is 2. The summed E-state index contributed by atoms with van der Waals surface area (Å²) in [5.41, 5.74) is 2.28. The monoisotopic (exact) mass is 338 g/mol. The maximum absolute atomic E-state index is 12.0. The van der Waals surface area contributed by atoms with E-state index in [1.54, 1.807) is 0 Å². The highest BCUT2D eigenvalue weighted by Crippen LogP contribution is 2.22. The zero-order valence-electron chi connectivity index (χ0n) is 14.9. The Balaban J connectivity index is 1.42. The van der Waals surface area contributed by atoms with E-state index in [1.165, 1.54) is 0 Å². The van der Waals surface area contributed by atoms with Crippen LogP contribution in [0.3, 0.4) is 0 Å². The summed E-state index contributed by atoms with van der Waals surface area (Å²) in [6, 6.07) is 17.9. The lowest BCUT2D eigenvalue weighted by molar-refractivity contribution is -0.134. The van der Waals surface area contributed by atoms with Gasteiger partial charge in [0.25, 0.3) is 0 Å². The van der Waals surface area contributed by atoms with Gasteiger partial charge in [-0.05, 0) is 43.3 Å². The number of esters is 1. The van der Waals surface area contributed by atoms with Crippen LogP contribution in [-0.2, 0) is 4.79 Å². The largest absolute Gasteiger partial charge is 0.427 e. The van der Waals surface area contributed by atoms with Crippen LogP contribution in [0.2, 0.25) is 0 Å². The predicted molar refractivity (Wildman–Crippen MR) is 101 cm³/mol. The van der Waals surface area contributed by atoms with Crippen molar-refractivity contribution in [2.75, 3.05) is 39.8 Å². The van der Waals surface area contributed by atoms with E-state index in [9.17, 15) is 4.79 Å². The summed E-state index contributed by atoms with van der Waals surface area (Å²) in [5, 5.41) is 0. The van der Waals surface area contributed by atoms with Gasteiger partial charge >= 0.3 is 5.97 Å². The van der Waals surface area contributed by atoms with E-state index < -0.39 is 0 Å². The molecule has 0 aromatic heterocycles. The Morgan fingerprint density at radius 2 is 1.56 bits per heavy atom. The summed E-state index contributed by atoms with van der Waals surface area (Å²) < 4.78 is 5.45. The molecule has 0 spiro atoms. The minimum Gasteiger partial charge on any atom is -0.427 e. The molecular formula is C21H26N2O2. The van der Waals surface area contributed by atoms with E-state index in [-0.39, 0.29) is 5.97 Å². The quantitative estimate of drug-likeness (QED) is 0.598. The minimum atomic E-state index is -0.151. The van der Waals surface area contributed by atoms with Crippen LogP contribution in [0.1, 0.15) is 12.8 Å². The number of ether oxygens (including phenoxy) is 1. The average molecular weight is 338 g/mol. The first-order valence-corrected chi connectivity index (χ1v) is 8.98. The van der Waals surface area contributed by atoms with Gasteiger partial charge < -0.3 is 14.5 Å². The van der Waals surface area contributed by atoms with Gasteiger partial charge in [-0.25, -0.2) is 0 Å². The third-order valence-electron chi connectivity index (χ3n) is 4.64. The molecule has 1 fully saturated rings. The molecule has 25 heavy (non-hydrogen) atoms. The van der Waals surface area contributed by atoms with Crippen molar-refractivity contribution in [3.8, 4) is 16.9 Å². The van der Waals surface area contributed by atoms with Crippen LogP contribution in [0.4, 0.5) is 0 Å². The maximum atomic E-state index is 12.0. The summed E-state index contributed by atoms with van der Waals surface area (Å²) in [6.07, 6.45) is 1.32. The van der Waals surface area contributed by atoms with Gasteiger partial charge in [0.05, 0.1) is 0 Å². The van der Waals surface area contributed by atoms with E-state index in [1.807, 2.05) is 42.5 Å². The molecule has 2 aromatic rings. The van der Waals surface area contributed by atoms with Gasteiger partial charge in [-0.2, -0.15) is 0 Å². The van der Waals surface area contributed by atoms with Gasteiger partial charge in [0.2, 0.25) is 0 Å². The van der Waals surface area contributed by atoms with Crippen LogP contribution in [-0.4, -0.2) is 55.5 Å². The topological polar surface area (TPSA) is 32.8 Å². The zero-order valence-corrected chi connectivity index (χ0v) is 14.9. The van der Waals surface area contributed by atoms with E-state index in [0.29, 0.717) is 12.2 Å². The summed E-state index contributed by atoms with van der Waals surface area (Å²) in [5.74, 6) is 0.464. The van der Waals surface area contributed by atoms with Gasteiger partial charge in [0.1, 0.15) is 5.75 Å². The third-order valence-corrected chi connectivity index (χ3v) is 4.64. The highest BCUT2D eigenvalue weighted by Gasteiger charge is 2.14. The third kappa shape index (κ3) is 5.41. The van der Waals surface area contributed by atoms with Gasteiger partial charge in [-0.15, -0.1) is 0 Å². The lowest BCUT2D eigenvalue weighted by Gasteiger charge is -2.32. The standard InChI is InChI=1S/C21H26N2O2/c1-22-14-16-23(17-15-22)13-5-8-21(24)25-20-11-9-19(10-12-20)18-6-3-2-4-7-18/h2-4,6-7,9-12H,5,8,13-17H2,1H3. The van der Waals surface area contributed by atoms with Crippen LogP contribution in [0.15, 0.2) is 54.6 Å². The molecule has 0 saturated carbocycles. The Morgan fingerprint density at radius 3 is 2.24 bits per heavy atom. The van der Waals surface area contributed by atoms with Crippen LogP contribution in [0, 0.1) is 0 Å². The number of carbonyl (C=O) groups is 1. The number of benzene rings is 2. The molecule has 4 nitrogen and oxygen atoms in total. The highest BCUT2D eigenvalue weighted by molar-refractivity contribution is 5.73. The van der Waals surface area contributed by atoms with Crippen LogP contribution >= 0.6 is 0 Å². The number of carbonyl (C=O) groups excluding carboxylic acids is 1. The average Bonchev–Trinajstić information content (AvgIpc) is 2.65. The molecule has 0 radical (unpaired) electrons. The fourth-order valence-corrected chi connectivity index (χ4v) is 3.05. The van der Waals surface area contributed by atoms with Crippen LogP contribution in [0.25, 0.3) is 11.1 Å². The SMILES string of the molecule is CN1CCN(CCCC(=O)Oc2ccc(-c3ccccc3)cc2)CC1. The van der Waals surface area contributed by atoms with Crippen molar-refractivity contribution in [3.05, 3.63) is 54.6 Å². The first-order chi connectivity index (χ1) is 12.2. The minimum absolute atomic E-state index is 0.151. The normalized spacial score (nSPS) is 15.9. The summed E-state index contributed by atoms with van der Waals surface area (Å²) >= 11 is 0. The number of likely N-dealkylation sites (N-methyl/N-ethyl adjacent to an activating group) is 1. The van der Waals surface area contributed by atoms with Gasteiger partial charge in [0.15, 0.2) is 0 Å². The molecule has 132 valence electrons. The van der Waals surface area contributed by atoms with Gasteiger partial charge in [-0.1, -0.05) is 42.5 Å². The van der Waals surface area contributed by atoms with E-state index in [0.717, 1.165) is 50.3 Å². The molecule has 1 saturated heterocycles. The Hall–Kier alpha value is -2.17. The molecule has 3 rings (SSSR count). The van der Waals surface area contributed by atoms with Crippen molar-refractivity contribution in [1.82, 2.24) is 9.80 Å². The Bertz CT molecular complexity index is 662. The van der Waals surface area contributed by atoms with Gasteiger partial charge in [-0.3, -0.25) is 4.79 Å². The second kappa shape index (κ2) is 8.79. The molecule has 0 N–H and O–H groups in total. The fourth-order valence-electron chi connectivity index (χ4n) is 3.05. The Kier molecular flexibility index (Phi) is 6.20. The highest BCUT2D eigenvalue weighted by atomic mass is 16.5. The molecular weight excluding hydrogens is 312 g/mol. The second-order valence-electron chi connectivity index (χ2n) is 6.61. The van der Waals surface area contributed by atoms with E-state index in [4.69, 9.17) is 4.74 Å².